The van der Waals surface area contributed by atoms with E-state index in [4.69, 9.17) is 20.1 Å². The first-order chi connectivity index (χ1) is 6.70. The van der Waals surface area contributed by atoms with Crippen molar-refractivity contribution in [3.05, 3.63) is 0 Å². The molecular formula is C9H20O5. The minimum absolute atomic E-state index is 0.0579. The fraction of sp³-hybridized carbons (Fsp3) is 1.00. The molecule has 2 unspecified atom stereocenters. The van der Waals surface area contributed by atoms with Gasteiger partial charge in [-0.15, -0.1) is 0 Å². The van der Waals surface area contributed by atoms with Gasteiger partial charge in [0, 0.05) is 6.61 Å². The van der Waals surface area contributed by atoms with Crippen molar-refractivity contribution in [3.63, 3.8) is 0 Å². The van der Waals surface area contributed by atoms with Crippen molar-refractivity contribution in [3.8, 4) is 0 Å². The molecule has 5 nitrogen and oxygen atoms in total. The summed E-state index contributed by atoms with van der Waals surface area (Å²) in [7, 11) is 0. The third-order valence-corrected chi connectivity index (χ3v) is 1.80. The van der Waals surface area contributed by atoms with E-state index in [9.17, 15) is 5.11 Å². The zero-order valence-corrected chi connectivity index (χ0v) is 8.30. The maximum atomic E-state index is 9.22. The second-order valence-electron chi connectivity index (χ2n) is 3.20. The number of rotatable bonds is 9. The topological polar surface area (TPSA) is 90.2 Å². The van der Waals surface area contributed by atoms with Gasteiger partial charge in [-0.2, -0.15) is 0 Å². The number of hydrogen-bond acceptors (Lipinski definition) is 5. The highest BCUT2D eigenvalue weighted by atomic mass is 16.6. The van der Waals surface area contributed by atoms with Crippen LogP contribution >= 0.6 is 0 Å². The Balaban J connectivity index is 3.23. The Kier molecular flexibility index (Phi) is 9.23. The van der Waals surface area contributed by atoms with Crippen LogP contribution in [0, 0.1) is 0 Å². The lowest BCUT2D eigenvalue weighted by Crippen LogP contribution is -2.24. The zero-order valence-electron chi connectivity index (χ0n) is 8.30. The Morgan fingerprint density at radius 1 is 1.00 bits per heavy atom. The van der Waals surface area contributed by atoms with Crippen molar-refractivity contribution in [2.75, 3.05) is 19.8 Å². The molecule has 0 spiro atoms. The zero-order chi connectivity index (χ0) is 10.8. The molecule has 0 heterocycles. The van der Waals surface area contributed by atoms with Crippen LogP contribution < -0.4 is 0 Å². The molecule has 2 atom stereocenters. The van der Waals surface area contributed by atoms with Crippen LogP contribution in [0.2, 0.25) is 0 Å². The summed E-state index contributed by atoms with van der Waals surface area (Å²) < 4.78 is 4.86. The minimum atomic E-state index is -0.929. The lowest BCUT2D eigenvalue weighted by molar-refractivity contribution is -0.130. The van der Waals surface area contributed by atoms with Gasteiger partial charge >= 0.3 is 0 Å². The van der Waals surface area contributed by atoms with E-state index in [1.54, 1.807) is 0 Å². The summed E-state index contributed by atoms with van der Waals surface area (Å²) in [6, 6.07) is 0. The lowest BCUT2D eigenvalue weighted by atomic mass is 10.2. The molecule has 0 radical (unpaired) electrons. The SMILES string of the molecule is OCCCCCC(O)OCC(O)CO. The Hall–Kier alpha value is -0.200. The van der Waals surface area contributed by atoms with Crippen LogP contribution in [0.3, 0.4) is 0 Å². The molecule has 86 valence electrons. The first-order valence-corrected chi connectivity index (χ1v) is 4.90. The number of aliphatic hydroxyl groups excluding tert-OH is 4. The molecule has 0 bridgehead atoms. The molecule has 14 heavy (non-hydrogen) atoms. The molecule has 0 saturated carbocycles. The standard InChI is InChI=1S/C9H20O5/c10-5-3-1-2-4-9(13)14-7-8(12)6-11/h8-13H,1-7H2. The second-order valence-corrected chi connectivity index (χ2v) is 3.20. The molecule has 0 aromatic rings. The normalized spacial score (nSPS) is 15.4. The Labute approximate surface area is 83.9 Å². The van der Waals surface area contributed by atoms with E-state index in [-0.39, 0.29) is 19.8 Å². The predicted octanol–water partition coefficient (Wildman–Crippen LogP) is -0.773. The fourth-order valence-electron chi connectivity index (χ4n) is 0.966. The van der Waals surface area contributed by atoms with Gasteiger partial charge in [0.1, 0.15) is 6.10 Å². The quantitative estimate of drug-likeness (QED) is 0.295. The monoisotopic (exact) mass is 208 g/mol. The maximum absolute atomic E-state index is 9.22. The van der Waals surface area contributed by atoms with Crippen LogP contribution in [-0.4, -0.2) is 52.6 Å². The smallest absolute Gasteiger partial charge is 0.154 e. The van der Waals surface area contributed by atoms with Gasteiger partial charge in [0.15, 0.2) is 6.29 Å². The van der Waals surface area contributed by atoms with Crippen molar-refractivity contribution < 1.29 is 25.2 Å². The maximum Gasteiger partial charge on any atom is 0.154 e. The summed E-state index contributed by atoms with van der Waals surface area (Å²) in [5.41, 5.74) is 0. The third kappa shape index (κ3) is 8.40. The van der Waals surface area contributed by atoms with E-state index in [2.05, 4.69) is 0 Å². The van der Waals surface area contributed by atoms with E-state index >= 15 is 0 Å². The van der Waals surface area contributed by atoms with Crippen molar-refractivity contribution in [2.45, 2.75) is 38.1 Å². The summed E-state index contributed by atoms with van der Waals surface area (Å²) in [6.45, 7) is -0.255. The first kappa shape index (κ1) is 13.8. The van der Waals surface area contributed by atoms with E-state index in [0.717, 1.165) is 19.3 Å². The van der Waals surface area contributed by atoms with Gasteiger partial charge in [0.2, 0.25) is 0 Å². The predicted molar refractivity (Wildman–Crippen MR) is 50.6 cm³/mol. The Morgan fingerprint density at radius 2 is 1.71 bits per heavy atom. The summed E-state index contributed by atoms with van der Waals surface area (Å²) in [4.78, 5) is 0. The molecule has 0 fully saturated rings. The van der Waals surface area contributed by atoms with Crippen molar-refractivity contribution in [1.82, 2.24) is 0 Å². The average molecular weight is 208 g/mol. The molecule has 5 heteroatoms. The summed E-state index contributed by atoms with van der Waals surface area (Å²) in [6.07, 6.45) is 1.01. The van der Waals surface area contributed by atoms with Gasteiger partial charge < -0.3 is 25.2 Å². The van der Waals surface area contributed by atoms with E-state index in [1.165, 1.54) is 0 Å². The van der Waals surface area contributed by atoms with Crippen molar-refractivity contribution in [2.24, 2.45) is 0 Å². The van der Waals surface area contributed by atoms with Gasteiger partial charge in [-0.25, -0.2) is 0 Å². The van der Waals surface area contributed by atoms with Gasteiger partial charge in [0.05, 0.1) is 13.2 Å². The molecule has 4 N–H and O–H groups in total. The van der Waals surface area contributed by atoms with Crippen LogP contribution in [0.5, 0.6) is 0 Å². The molecule has 0 aromatic carbocycles. The molecule has 0 rings (SSSR count). The van der Waals surface area contributed by atoms with Gasteiger partial charge in [-0.1, -0.05) is 6.42 Å². The van der Waals surface area contributed by atoms with Crippen molar-refractivity contribution in [1.29, 1.82) is 0 Å². The van der Waals surface area contributed by atoms with E-state index in [0.29, 0.717) is 6.42 Å². The van der Waals surface area contributed by atoms with Gasteiger partial charge in [-0.05, 0) is 19.3 Å². The van der Waals surface area contributed by atoms with Crippen molar-refractivity contribution >= 4 is 0 Å². The number of hydrogen-bond donors (Lipinski definition) is 4. The first-order valence-electron chi connectivity index (χ1n) is 4.90. The summed E-state index contributed by atoms with van der Waals surface area (Å²) in [5, 5.41) is 35.1. The second kappa shape index (κ2) is 9.36. The molecule has 0 aliphatic carbocycles. The van der Waals surface area contributed by atoms with E-state index < -0.39 is 12.4 Å². The summed E-state index contributed by atoms with van der Waals surface area (Å²) in [5.74, 6) is 0. The molecular weight excluding hydrogens is 188 g/mol. The van der Waals surface area contributed by atoms with E-state index in [1.807, 2.05) is 0 Å². The Morgan fingerprint density at radius 3 is 2.29 bits per heavy atom. The highest BCUT2D eigenvalue weighted by molar-refractivity contribution is 4.51. The Bertz CT molecular complexity index is 120. The van der Waals surface area contributed by atoms with Crippen LogP contribution in [-0.2, 0) is 4.74 Å². The number of ether oxygens (including phenoxy) is 1. The van der Waals surface area contributed by atoms with Crippen LogP contribution in [0.25, 0.3) is 0 Å². The van der Waals surface area contributed by atoms with Crippen LogP contribution in [0.1, 0.15) is 25.7 Å². The number of unbranched alkanes of at least 4 members (excludes halogenated alkanes) is 2. The van der Waals surface area contributed by atoms with Crippen LogP contribution in [0.15, 0.2) is 0 Å². The van der Waals surface area contributed by atoms with Gasteiger partial charge in [-0.3, -0.25) is 0 Å². The molecule has 0 aromatic heterocycles. The number of aliphatic hydroxyl groups is 4. The molecule has 0 aliphatic rings. The average Bonchev–Trinajstić information content (AvgIpc) is 2.21. The largest absolute Gasteiger partial charge is 0.396 e. The van der Waals surface area contributed by atoms with Gasteiger partial charge in [0.25, 0.3) is 0 Å². The fourth-order valence-corrected chi connectivity index (χ4v) is 0.966. The lowest BCUT2D eigenvalue weighted by Gasteiger charge is -2.13. The highest BCUT2D eigenvalue weighted by Gasteiger charge is 2.07. The third-order valence-electron chi connectivity index (χ3n) is 1.80. The molecule has 0 amide bonds. The highest BCUT2D eigenvalue weighted by Crippen LogP contribution is 2.04. The molecule has 0 saturated heterocycles. The van der Waals surface area contributed by atoms with Crippen LogP contribution in [0.4, 0.5) is 0 Å². The minimum Gasteiger partial charge on any atom is -0.396 e. The summed E-state index contributed by atoms with van der Waals surface area (Å²) >= 11 is 0. The molecule has 0 aliphatic heterocycles.